The van der Waals surface area contributed by atoms with Crippen LogP contribution in [0.3, 0.4) is 0 Å². The molecule has 0 amide bonds. The van der Waals surface area contributed by atoms with Crippen molar-refractivity contribution in [2.45, 2.75) is 19.8 Å². The number of para-hydroxylation sites is 1. The average molecular weight is 230 g/mol. The van der Waals surface area contributed by atoms with E-state index in [1.165, 1.54) is 5.56 Å². The monoisotopic (exact) mass is 230 g/mol. The summed E-state index contributed by atoms with van der Waals surface area (Å²) in [5.41, 5.74) is 3.40. The van der Waals surface area contributed by atoms with Crippen LogP contribution in [-0.2, 0) is 7.05 Å². The molecule has 2 rings (SSSR count). The molecule has 0 aliphatic carbocycles. The van der Waals surface area contributed by atoms with Crippen molar-refractivity contribution in [1.29, 1.82) is 0 Å². The minimum atomic E-state index is 0.443. The number of ether oxygens (including phenoxy) is 1. The van der Waals surface area contributed by atoms with Crippen LogP contribution < -0.4 is 4.74 Å². The second-order valence-electron chi connectivity index (χ2n) is 4.42. The van der Waals surface area contributed by atoms with E-state index in [2.05, 4.69) is 37.1 Å². The molecule has 1 heterocycles. The standard InChI is InChI=1S/C14H18N2O/c1-10(2)11-6-5-7-12(14(11)17-4)13-8-9-15-16(13)3/h5-10H,1-4H3. The van der Waals surface area contributed by atoms with Crippen LogP contribution in [0.4, 0.5) is 0 Å². The first kappa shape index (κ1) is 11.7. The normalized spacial score (nSPS) is 10.9. The fourth-order valence-electron chi connectivity index (χ4n) is 2.08. The topological polar surface area (TPSA) is 27.1 Å². The molecule has 1 aromatic carbocycles. The first-order valence-corrected chi connectivity index (χ1v) is 5.80. The number of hydrogen-bond donors (Lipinski definition) is 0. The van der Waals surface area contributed by atoms with Gasteiger partial charge in [0.25, 0.3) is 0 Å². The zero-order valence-corrected chi connectivity index (χ0v) is 10.8. The quantitative estimate of drug-likeness (QED) is 0.809. The Morgan fingerprint density at radius 3 is 2.53 bits per heavy atom. The van der Waals surface area contributed by atoms with Crippen molar-refractivity contribution in [3.8, 4) is 17.0 Å². The van der Waals surface area contributed by atoms with Crippen LogP contribution in [0.5, 0.6) is 5.75 Å². The van der Waals surface area contributed by atoms with E-state index in [4.69, 9.17) is 4.74 Å². The van der Waals surface area contributed by atoms with Crippen molar-refractivity contribution >= 4 is 0 Å². The van der Waals surface area contributed by atoms with Gasteiger partial charge >= 0.3 is 0 Å². The highest BCUT2D eigenvalue weighted by molar-refractivity contribution is 5.69. The zero-order valence-electron chi connectivity index (χ0n) is 10.8. The summed E-state index contributed by atoms with van der Waals surface area (Å²) in [5.74, 6) is 1.39. The molecule has 0 aliphatic heterocycles. The Balaban J connectivity index is 2.62. The number of nitrogens with zero attached hydrogens (tertiary/aromatic N) is 2. The highest BCUT2D eigenvalue weighted by Gasteiger charge is 2.14. The highest BCUT2D eigenvalue weighted by Crippen LogP contribution is 2.36. The van der Waals surface area contributed by atoms with Gasteiger partial charge in [-0.1, -0.05) is 26.0 Å². The number of rotatable bonds is 3. The summed E-state index contributed by atoms with van der Waals surface area (Å²) in [6, 6.07) is 8.26. The van der Waals surface area contributed by atoms with Gasteiger partial charge in [0.2, 0.25) is 0 Å². The molecule has 0 atom stereocenters. The molecule has 3 nitrogen and oxygen atoms in total. The molecule has 2 aromatic rings. The molecule has 3 heteroatoms. The molecule has 0 fully saturated rings. The van der Waals surface area contributed by atoms with Gasteiger partial charge in [0.05, 0.1) is 12.8 Å². The van der Waals surface area contributed by atoms with Crippen molar-refractivity contribution in [3.63, 3.8) is 0 Å². The van der Waals surface area contributed by atoms with Crippen molar-refractivity contribution in [3.05, 3.63) is 36.0 Å². The fourth-order valence-corrected chi connectivity index (χ4v) is 2.08. The predicted molar refractivity (Wildman–Crippen MR) is 69.3 cm³/mol. The Morgan fingerprint density at radius 1 is 1.24 bits per heavy atom. The molecule has 0 N–H and O–H groups in total. The first-order valence-electron chi connectivity index (χ1n) is 5.80. The molecular weight excluding hydrogens is 212 g/mol. The van der Waals surface area contributed by atoms with E-state index in [0.29, 0.717) is 5.92 Å². The number of aryl methyl sites for hydroxylation is 1. The van der Waals surface area contributed by atoms with Crippen LogP contribution in [0.15, 0.2) is 30.5 Å². The lowest BCUT2D eigenvalue weighted by Gasteiger charge is -2.15. The third-order valence-electron chi connectivity index (χ3n) is 2.97. The van der Waals surface area contributed by atoms with E-state index >= 15 is 0 Å². The molecule has 1 aromatic heterocycles. The summed E-state index contributed by atoms with van der Waals surface area (Å²) in [6.07, 6.45) is 1.80. The largest absolute Gasteiger partial charge is 0.496 e. The van der Waals surface area contributed by atoms with Crippen molar-refractivity contribution < 1.29 is 4.74 Å². The summed E-state index contributed by atoms with van der Waals surface area (Å²) in [4.78, 5) is 0. The van der Waals surface area contributed by atoms with E-state index in [1.807, 2.05) is 17.8 Å². The molecular formula is C14H18N2O. The predicted octanol–water partition coefficient (Wildman–Crippen LogP) is 3.22. The third-order valence-corrected chi connectivity index (χ3v) is 2.97. The molecule has 0 unspecified atom stereocenters. The van der Waals surface area contributed by atoms with Gasteiger partial charge < -0.3 is 4.74 Å². The first-order chi connectivity index (χ1) is 8.15. The number of aromatic nitrogens is 2. The second kappa shape index (κ2) is 4.62. The van der Waals surface area contributed by atoms with Gasteiger partial charge in [-0.05, 0) is 23.6 Å². The van der Waals surface area contributed by atoms with Crippen LogP contribution in [0.25, 0.3) is 11.3 Å². The van der Waals surface area contributed by atoms with Gasteiger partial charge in [-0.15, -0.1) is 0 Å². The lowest BCUT2D eigenvalue weighted by Crippen LogP contribution is -1.99. The van der Waals surface area contributed by atoms with Gasteiger partial charge in [-0.25, -0.2) is 0 Å². The van der Waals surface area contributed by atoms with Gasteiger partial charge in [0.15, 0.2) is 0 Å². The lowest BCUT2D eigenvalue weighted by molar-refractivity contribution is 0.409. The molecule has 0 saturated carbocycles. The van der Waals surface area contributed by atoms with E-state index in [-0.39, 0.29) is 0 Å². The summed E-state index contributed by atoms with van der Waals surface area (Å²) in [5, 5.41) is 4.20. The van der Waals surface area contributed by atoms with E-state index in [1.54, 1.807) is 13.3 Å². The van der Waals surface area contributed by atoms with Crippen LogP contribution in [0, 0.1) is 0 Å². The Hall–Kier alpha value is -1.77. The Labute approximate surface area is 102 Å². The highest BCUT2D eigenvalue weighted by atomic mass is 16.5. The Bertz CT molecular complexity index is 515. The SMILES string of the molecule is COc1c(-c2ccnn2C)cccc1C(C)C. The van der Waals surface area contributed by atoms with Crippen molar-refractivity contribution in [2.75, 3.05) is 7.11 Å². The molecule has 0 aliphatic rings. The van der Waals surface area contributed by atoms with Gasteiger partial charge in [0, 0.05) is 18.8 Å². The van der Waals surface area contributed by atoms with E-state index < -0.39 is 0 Å². The Morgan fingerprint density at radius 2 is 2.00 bits per heavy atom. The number of benzene rings is 1. The maximum Gasteiger partial charge on any atom is 0.131 e. The summed E-state index contributed by atoms with van der Waals surface area (Å²) in [7, 11) is 3.66. The van der Waals surface area contributed by atoms with Crippen molar-refractivity contribution in [2.24, 2.45) is 7.05 Å². The van der Waals surface area contributed by atoms with Crippen LogP contribution in [-0.4, -0.2) is 16.9 Å². The molecule has 0 bridgehead atoms. The van der Waals surface area contributed by atoms with Crippen LogP contribution in [0.1, 0.15) is 25.3 Å². The van der Waals surface area contributed by atoms with E-state index in [9.17, 15) is 0 Å². The fraction of sp³-hybridized carbons (Fsp3) is 0.357. The van der Waals surface area contributed by atoms with Gasteiger partial charge in [-0.2, -0.15) is 5.10 Å². The van der Waals surface area contributed by atoms with E-state index in [0.717, 1.165) is 17.0 Å². The molecule has 0 saturated heterocycles. The number of hydrogen-bond acceptors (Lipinski definition) is 2. The molecule has 90 valence electrons. The molecule has 17 heavy (non-hydrogen) atoms. The minimum Gasteiger partial charge on any atom is -0.496 e. The van der Waals surface area contributed by atoms with Crippen molar-refractivity contribution in [1.82, 2.24) is 9.78 Å². The molecule has 0 radical (unpaired) electrons. The maximum absolute atomic E-state index is 5.58. The second-order valence-corrected chi connectivity index (χ2v) is 4.42. The van der Waals surface area contributed by atoms with Crippen LogP contribution in [0.2, 0.25) is 0 Å². The van der Waals surface area contributed by atoms with Gasteiger partial charge in [-0.3, -0.25) is 4.68 Å². The summed E-state index contributed by atoms with van der Waals surface area (Å²) >= 11 is 0. The Kier molecular flexibility index (Phi) is 3.18. The maximum atomic E-state index is 5.58. The third kappa shape index (κ3) is 2.05. The average Bonchev–Trinajstić information content (AvgIpc) is 2.74. The number of methoxy groups -OCH3 is 1. The lowest BCUT2D eigenvalue weighted by atomic mass is 9.98. The minimum absolute atomic E-state index is 0.443. The zero-order chi connectivity index (χ0) is 12.4. The summed E-state index contributed by atoms with van der Waals surface area (Å²) in [6.45, 7) is 4.34. The van der Waals surface area contributed by atoms with Gasteiger partial charge in [0.1, 0.15) is 5.75 Å². The van der Waals surface area contributed by atoms with Crippen LogP contribution >= 0.6 is 0 Å². The molecule has 0 spiro atoms. The smallest absolute Gasteiger partial charge is 0.131 e. The summed E-state index contributed by atoms with van der Waals surface area (Å²) < 4.78 is 7.44.